The van der Waals surface area contributed by atoms with Gasteiger partial charge in [-0.15, -0.1) is 16.4 Å². The maximum Gasteiger partial charge on any atom is 0.437 e. The first-order valence-corrected chi connectivity index (χ1v) is 9.18. The van der Waals surface area contributed by atoms with Crippen molar-refractivity contribution in [1.82, 2.24) is 19.6 Å². The molecule has 0 spiro atoms. The van der Waals surface area contributed by atoms with E-state index >= 15 is 0 Å². The predicted molar refractivity (Wildman–Crippen MR) is 90.0 cm³/mol. The summed E-state index contributed by atoms with van der Waals surface area (Å²) in [6.45, 7) is 1.93. The summed E-state index contributed by atoms with van der Waals surface area (Å²) >= 11 is 1.41. The molecule has 2 aromatic rings. The fraction of sp³-hybridized carbons (Fsp3) is 0.500. The van der Waals surface area contributed by atoms with Gasteiger partial charge in [-0.05, 0) is 24.3 Å². The van der Waals surface area contributed by atoms with Crippen molar-refractivity contribution < 1.29 is 14.0 Å². The lowest BCUT2D eigenvalue weighted by Crippen LogP contribution is -2.52. The quantitative estimate of drug-likeness (QED) is 0.797. The third-order valence-corrected chi connectivity index (χ3v) is 5.35. The Morgan fingerprint density at radius 1 is 1.20 bits per heavy atom. The van der Waals surface area contributed by atoms with Gasteiger partial charge in [0.1, 0.15) is 6.54 Å². The molecule has 0 radical (unpaired) electrons. The Hall–Kier alpha value is -2.42. The van der Waals surface area contributed by atoms with E-state index in [0.717, 1.165) is 22.4 Å². The SMILES string of the molecule is O=C(Cn1nc(-c2cccs2)oc1=O)N1CCN(C(=O)C2CC2)CC1. The van der Waals surface area contributed by atoms with E-state index in [9.17, 15) is 14.4 Å². The smallest absolute Gasteiger partial charge is 0.387 e. The highest BCUT2D eigenvalue weighted by atomic mass is 32.1. The van der Waals surface area contributed by atoms with Gasteiger partial charge in [-0.25, -0.2) is 4.79 Å². The van der Waals surface area contributed by atoms with Crippen molar-refractivity contribution in [3.63, 3.8) is 0 Å². The monoisotopic (exact) mass is 362 g/mol. The van der Waals surface area contributed by atoms with Crippen LogP contribution in [-0.4, -0.2) is 57.6 Å². The Bertz CT molecular complexity index is 829. The molecule has 4 rings (SSSR count). The van der Waals surface area contributed by atoms with Gasteiger partial charge in [0.05, 0.1) is 4.88 Å². The van der Waals surface area contributed by atoms with Crippen molar-refractivity contribution in [3.8, 4) is 10.8 Å². The van der Waals surface area contributed by atoms with Crippen LogP contribution in [-0.2, 0) is 16.1 Å². The molecule has 1 aliphatic heterocycles. The van der Waals surface area contributed by atoms with Crippen molar-refractivity contribution >= 4 is 23.2 Å². The average Bonchev–Trinajstić information content (AvgIpc) is 3.20. The second kappa shape index (κ2) is 6.47. The van der Waals surface area contributed by atoms with Crippen LogP contribution in [0, 0.1) is 5.92 Å². The largest absolute Gasteiger partial charge is 0.437 e. The molecule has 9 heteroatoms. The molecule has 2 aliphatic rings. The lowest BCUT2D eigenvalue weighted by atomic mass is 10.2. The first kappa shape index (κ1) is 16.1. The molecule has 1 saturated heterocycles. The first-order chi connectivity index (χ1) is 12.1. The summed E-state index contributed by atoms with van der Waals surface area (Å²) in [4.78, 5) is 40.6. The van der Waals surface area contributed by atoms with Crippen LogP contribution in [0.5, 0.6) is 0 Å². The summed E-state index contributed by atoms with van der Waals surface area (Å²) in [5.74, 6) is -0.189. The van der Waals surface area contributed by atoms with Gasteiger partial charge in [0.15, 0.2) is 0 Å². The zero-order valence-corrected chi connectivity index (χ0v) is 14.4. The number of rotatable bonds is 4. The molecule has 0 aromatic carbocycles. The fourth-order valence-electron chi connectivity index (χ4n) is 2.90. The summed E-state index contributed by atoms with van der Waals surface area (Å²) in [7, 11) is 0. The number of nitrogens with zero attached hydrogens (tertiary/aromatic N) is 4. The van der Waals surface area contributed by atoms with Crippen molar-refractivity contribution in [2.24, 2.45) is 5.92 Å². The van der Waals surface area contributed by atoms with Gasteiger partial charge >= 0.3 is 5.76 Å². The van der Waals surface area contributed by atoms with Crippen LogP contribution in [0.25, 0.3) is 10.8 Å². The number of amides is 2. The summed E-state index contributed by atoms with van der Waals surface area (Å²) in [5.41, 5.74) is 0. The van der Waals surface area contributed by atoms with E-state index in [2.05, 4.69) is 5.10 Å². The van der Waals surface area contributed by atoms with Gasteiger partial charge in [0.25, 0.3) is 5.89 Å². The van der Waals surface area contributed by atoms with Gasteiger partial charge < -0.3 is 14.2 Å². The molecule has 0 unspecified atom stereocenters. The van der Waals surface area contributed by atoms with E-state index < -0.39 is 5.76 Å². The van der Waals surface area contributed by atoms with E-state index in [4.69, 9.17) is 4.42 Å². The van der Waals surface area contributed by atoms with E-state index in [0.29, 0.717) is 26.2 Å². The van der Waals surface area contributed by atoms with Gasteiger partial charge in [-0.1, -0.05) is 6.07 Å². The molecule has 0 bridgehead atoms. The minimum atomic E-state index is -0.640. The maximum atomic E-state index is 12.4. The number of carbonyl (C=O) groups excluding carboxylic acids is 2. The Morgan fingerprint density at radius 3 is 2.56 bits per heavy atom. The highest BCUT2D eigenvalue weighted by Crippen LogP contribution is 2.31. The number of hydrogen-bond donors (Lipinski definition) is 0. The van der Waals surface area contributed by atoms with Crippen molar-refractivity contribution in [1.29, 1.82) is 0 Å². The molecule has 0 atom stereocenters. The number of hydrogen-bond acceptors (Lipinski definition) is 6. The first-order valence-electron chi connectivity index (χ1n) is 8.30. The van der Waals surface area contributed by atoms with Crippen molar-refractivity contribution in [2.75, 3.05) is 26.2 Å². The molecule has 2 aromatic heterocycles. The second-order valence-corrected chi connectivity index (χ2v) is 7.24. The zero-order chi connectivity index (χ0) is 17.4. The minimum Gasteiger partial charge on any atom is -0.387 e. The molecule has 0 N–H and O–H groups in total. The number of carbonyl (C=O) groups is 2. The van der Waals surface area contributed by atoms with E-state index in [1.54, 1.807) is 11.0 Å². The zero-order valence-electron chi connectivity index (χ0n) is 13.6. The topological polar surface area (TPSA) is 88.6 Å². The number of piperazine rings is 1. The second-order valence-electron chi connectivity index (χ2n) is 6.29. The highest BCUT2D eigenvalue weighted by Gasteiger charge is 2.35. The number of aromatic nitrogens is 2. The van der Waals surface area contributed by atoms with Crippen LogP contribution in [0.2, 0.25) is 0 Å². The minimum absolute atomic E-state index is 0.149. The fourth-order valence-corrected chi connectivity index (χ4v) is 3.54. The average molecular weight is 362 g/mol. The summed E-state index contributed by atoms with van der Waals surface area (Å²) < 4.78 is 6.17. The lowest BCUT2D eigenvalue weighted by Gasteiger charge is -2.34. The molecule has 2 amide bonds. The molecule has 132 valence electrons. The lowest BCUT2D eigenvalue weighted by molar-refractivity contribution is -0.140. The van der Waals surface area contributed by atoms with Crippen LogP contribution < -0.4 is 5.76 Å². The Kier molecular flexibility index (Phi) is 4.16. The summed E-state index contributed by atoms with van der Waals surface area (Å²) in [6, 6.07) is 3.64. The Morgan fingerprint density at radius 2 is 1.92 bits per heavy atom. The molecular weight excluding hydrogens is 344 g/mol. The van der Waals surface area contributed by atoms with Crippen molar-refractivity contribution in [3.05, 3.63) is 28.1 Å². The van der Waals surface area contributed by atoms with Gasteiger partial charge in [-0.2, -0.15) is 4.68 Å². The normalized spacial score (nSPS) is 17.8. The predicted octanol–water partition coefficient (Wildman–Crippen LogP) is 0.646. The molecule has 2 fully saturated rings. The van der Waals surface area contributed by atoms with Crippen LogP contribution in [0.4, 0.5) is 0 Å². The van der Waals surface area contributed by atoms with Gasteiger partial charge in [-0.3, -0.25) is 9.59 Å². The number of thiophene rings is 1. The maximum absolute atomic E-state index is 12.4. The third-order valence-electron chi connectivity index (χ3n) is 4.49. The van der Waals surface area contributed by atoms with E-state index in [-0.39, 0.29) is 30.2 Å². The molecule has 3 heterocycles. The van der Waals surface area contributed by atoms with Crippen LogP contribution >= 0.6 is 11.3 Å². The highest BCUT2D eigenvalue weighted by molar-refractivity contribution is 7.13. The molecule has 1 saturated carbocycles. The van der Waals surface area contributed by atoms with Crippen LogP contribution in [0.15, 0.2) is 26.7 Å². The van der Waals surface area contributed by atoms with Crippen LogP contribution in [0.1, 0.15) is 12.8 Å². The molecule has 8 nitrogen and oxygen atoms in total. The van der Waals surface area contributed by atoms with Crippen molar-refractivity contribution in [2.45, 2.75) is 19.4 Å². The molecule has 1 aliphatic carbocycles. The van der Waals surface area contributed by atoms with Gasteiger partial charge in [0.2, 0.25) is 11.8 Å². The third kappa shape index (κ3) is 3.37. The standard InChI is InChI=1S/C16H18N4O4S/c21-13(18-5-7-19(8-6-18)15(22)11-3-4-11)10-20-16(23)24-14(17-20)12-2-1-9-25-12/h1-2,9,11H,3-8,10H2. The summed E-state index contributed by atoms with van der Waals surface area (Å²) in [5, 5.41) is 5.96. The molecule has 25 heavy (non-hydrogen) atoms. The Labute approximate surface area is 147 Å². The Balaban J connectivity index is 1.36. The molecular formula is C16H18N4O4S. The van der Waals surface area contributed by atoms with E-state index in [1.165, 1.54) is 11.3 Å². The van der Waals surface area contributed by atoms with E-state index in [1.807, 2.05) is 16.3 Å². The summed E-state index contributed by atoms with van der Waals surface area (Å²) in [6.07, 6.45) is 1.97. The van der Waals surface area contributed by atoms with Gasteiger partial charge in [0, 0.05) is 32.1 Å². The van der Waals surface area contributed by atoms with Crippen LogP contribution in [0.3, 0.4) is 0 Å².